The average Bonchev–Trinajstić information content (AvgIpc) is 2.48. The second kappa shape index (κ2) is 2.85. The van der Waals surface area contributed by atoms with Gasteiger partial charge in [0.05, 0.1) is 0 Å². The van der Waals surface area contributed by atoms with Crippen molar-refractivity contribution in [3.05, 3.63) is 35.5 Å². The van der Waals surface area contributed by atoms with E-state index >= 15 is 0 Å². The molecule has 2 nitrogen and oxygen atoms in total. The Kier molecular flexibility index (Phi) is 1.64. The third-order valence-corrected chi connectivity index (χ3v) is 3.18. The van der Waals surface area contributed by atoms with Crippen molar-refractivity contribution in [2.45, 2.75) is 12.8 Å². The zero-order valence-electron chi connectivity index (χ0n) is 8.30. The van der Waals surface area contributed by atoms with Crippen molar-refractivity contribution in [2.24, 2.45) is 0 Å². The molecule has 0 radical (unpaired) electrons. The van der Waals surface area contributed by atoms with Gasteiger partial charge in [-0.2, -0.15) is 0 Å². The van der Waals surface area contributed by atoms with Crippen LogP contribution in [0.4, 0.5) is 0 Å². The number of hydrogen-bond donors (Lipinski definition) is 2. The van der Waals surface area contributed by atoms with E-state index in [0.29, 0.717) is 5.92 Å². The van der Waals surface area contributed by atoms with Gasteiger partial charge in [-0.25, -0.2) is 0 Å². The highest BCUT2D eigenvalue weighted by atomic mass is 14.9. The number of H-pyrrole nitrogens is 1. The Balaban J connectivity index is 2.20. The van der Waals surface area contributed by atoms with Crippen molar-refractivity contribution in [1.29, 1.82) is 0 Å². The van der Waals surface area contributed by atoms with Crippen LogP contribution < -0.4 is 5.32 Å². The average molecular weight is 186 g/mol. The van der Waals surface area contributed by atoms with E-state index in [1.165, 1.54) is 22.0 Å². The van der Waals surface area contributed by atoms with E-state index in [1.807, 2.05) is 0 Å². The van der Waals surface area contributed by atoms with Gasteiger partial charge in [0.1, 0.15) is 0 Å². The van der Waals surface area contributed by atoms with Gasteiger partial charge in [0, 0.05) is 36.1 Å². The van der Waals surface area contributed by atoms with Crippen molar-refractivity contribution in [1.82, 2.24) is 10.3 Å². The molecule has 0 amide bonds. The predicted molar refractivity (Wildman–Crippen MR) is 58.6 cm³/mol. The summed E-state index contributed by atoms with van der Waals surface area (Å²) in [6.45, 7) is 4.41. The first kappa shape index (κ1) is 8.06. The summed E-state index contributed by atoms with van der Waals surface area (Å²) in [5.41, 5.74) is 4.11. The largest absolute Gasteiger partial charge is 0.361 e. The second-order valence-corrected chi connectivity index (χ2v) is 4.10. The smallest absolute Gasteiger partial charge is 0.0486 e. The first-order valence-electron chi connectivity index (χ1n) is 5.13. The van der Waals surface area contributed by atoms with Crippen LogP contribution >= 0.6 is 0 Å². The van der Waals surface area contributed by atoms with Crippen molar-refractivity contribution in [3.63, 3.8) is 0 Å². The van der Waals surface area contributed by atoms with E-state index in [-0.39, 0.29) is 0 Å². The van der Waals surface area contributed by atoms with Gasteiger partial charge in [0.15, 0.2) is 0 Å². The minimum absolute atomic E-state index is 0.713. The molecule has 2 heterocycles. The number of rotatable bonds is 1. The van der Waals surface area contributed by atoms with Gasteiger partial charge in [-0.1, -0.05) is 18.2 Å². The molecule has 2 heteroatoms. The van der Waals surface area contributed by atoms with Crippen LogP contribution in [0.1, 0.15) is 17.0 Å². The molecule has 0 saturated carbocycles. The van der Waals surface area contributed by atoms with E-state index in [1.54, 1.807) is 0 Å². The van der Waals surface area contributed by atoms with Gasteiger partial charge in [-0.15, -0.1) is 0 Å². The third kappa shape index (κ3) is 1.01. The Labute approximate surface area is 83.3 Å². The zero-order chi connectivity index (χ0) is 9.54. The molecule has 2 N–H and O–H groups in total. The highest BCUT2D eigenvalue weighted by Gasteiger charge is 2.21. The zero-order valence-corrected chi connectivity index (χ0v) is 8.30. The van der Waals surface area contributed by atoms with Crippen LogP contribution in [0.15, 0.2) is 24.4 Å². The van der Waals surface area contributed by atoms with Crippen LogP contribution in [-0.4, -0.2) is 18.1 Å². The molecule has 1 aromatic heterocycles. The Morgan fingerprint density at radius 2 is 2.14 bits per heavy atom. The number of benzene rings is 1. The summed E-state index contributed by atoms with van der Waals surface area (Å²) >= 11 is 0. The molecule has 1 aliphatic rings. The molecule has 0 aliphatic carbocycles. The molecule has 3 rings (SSSR count). The van der Waals surface area contributed by atoms with Crippen LogP contribution in [0.25, 0.3) is 10.9 Å². The molecular weight excluding hydrogens is 172 g/mol. The molecule has 0 unspecified atom stereocenters. The lowest BCUT2D eigenvalue weighted by Crippen LogP contribution is -2.39. The van der Waals surface area contributed by atoms with Crippen molar-refractivity contribution < 1.29 is 0 Å². The van der Waals surface area contributed by atoms with E-state index in [4.69, 9.17) is 0 Å². The summed E-state index contributed by atoms with van der Waals surface area (Å²) in [5.74, 6) is 0.713. The monoisotopic (exact) mass is 186 g/mol. The first-order valence-corrected chi connectivity index (χ1v) is 5.13. The van der Waals surface area contributed by atoms with Gasteiger partial charge in [0.25, 0.3) is 0 Å². The Hall–Kier alpha value is -1.28. The summed E-state index contributed by atoms with van der Waals surface area (Å²) < 4.78 is 0. The Morgan fingerprint density at radius 3 is 2.86 bits per heavy atom. The highest BCUT2D eigenvalue weighted by Crippen LogP contribution is 2.29. The maximum Gasteiger partial charge on any atom is 0.0486 e. The van der Waals surface area contributed by atoms with Crippen LogP contribution in [0.3, 0.4) is 0 Å². The minimum atomic E-state index is 0.713. The van der Waals surface area contributed by atoms with Crippen molar-refractivity contribution in [3.8, 4) is 0 Å². The molecule has 1 aromatic carbocycles. The number of aryl methyl sites for hydroxylation is 1. The molecule has 1 aliphatic heterocycles. The van der Waals surface area contributed by atoms with Gasteiger partial charge >= 0.3 is 0 Å². The fraction of sp³-hybridized carbons (Fsp3) is 0.333. The number of fused-ring (bicyclic) bond motifs is 1. The SMILES string of the molecule is Cc1cccc2c(C3CNC3)c[nH]c12. The lowest BCUT2D eigenvalue weighted by Gasteiger charge is -2.26. The molecule has 2 aromatic rings. The van der Waals surface area contributed by atoms with E-state index in [0.717, 1.165) is 13.1 Å². The minimum Gasteiger partial charge on any atom is -0.361 e. The molecule has 72 valence electrons. The molecular formula is C12H14N2. The lowest BCUT2D eigenvalue weighted by molar-refractivity contribution is 0.451. The number of para-hydroxylation sites is 1. The van der Waals surface area contributed by atoms with E-state index in [9.17, 15) is 0 Å². The van der Waals surface area contributed by atoms with Crippen LogP contribution in [0.5, 0.6) is 0 Å². The Bertz CT molecular complexity index is 466. The molecule has 1 saturated heterocycles. The summed E-state index contributed by atoms with van der Waals surface area (Å²) in [5, 5.41) is 4.71. The van der Waals surface area contributed by atoms with Crippen molar-refractivity contribution in [2.75, 3.05) is 13.1 Å². The fourth-order valence-electron chi connectivity index (χ4n) is 2.17. The van der Waals surface area contributed by atoms with Crippen LogP contribution in [-0.2, 0) is 0 Å². The summed E-state index contributed by atoms with van der Waals surface area (Å²) in [6.07, 6.45) is 2.17. The summed E-state index contributed by atoms with van der Waals surface area (Å²) in [7, 11) is 0. The normalized spacial score (nSPS) is 17.2. The van der Waals surface area contributed by atoms with Crippen LogP contribution in [0.2, 0.25) is 0 Å². The van der Waals surface area contributed by atoms with Crippen molar-refractivity contribution >= 4 is 10.9 Å². The van der Waals surface area contributed by atoms with E-state index < -0.39 is 0 Å². The summed E-state index contributed by atoms with van der Waals surface area (Å²) in [4.78, 5) is 3.38. The fourth-order valence-corrected chi connectivity index (χ4v) is 2.17. The van der Waals surface area contributed by atoms with Gasteiger partial charge < -0.3 is 10.3 Å². The molecule has 1 fully saturated rings. The quantitative estimate of drug-likeness (QED) is 0.701. The Morgan fingerprint density at radius 1 is 1.29 bits per heavy atom. The number of aromatic amines is 1. The molecule has 0 spiro atoms. The number of nitrogens with one attached hydrogen (secondary N) is 2. The third-order valence-electron chi connectivity index (χ3n) is 3.18. The molecule has 14 heavy (non-hydrogen) atoms. The maximum atomic E-state index is 3.38. The topological polar surface area (TPSA) is 27.8 Å². The van der Waals surface area contributed by atoms with Gasteiger partial charge in [-0.05, 0) is 18.1 Å². The molecule has 0 atom stereocenters. The summed E-state index contributed by atoms with van der Waals surface area (Å²) in [6, 6.07) is 6.51. The highest BCUT2D eigenvalue weighted by molar-refractivity contribution is 5.86. The van der Waals surface area contributed by atoms with Gasteiger partial charge in [-0.3, -0.25) is 0 Å². The second-order valence-electron chi connectivity index (χ2n) is 4.10. The predicted octanol–water partition coefficient (Wildman–Crippen LogP) is 2.16. The lowest BCUT2D eigenvalue weighted by atomic mass is 9.93. The van der Waals surface area contributed by atoms with E-state index in [2.05, 4.69) is 41.6 Å². The van der Waals surface area contributed by atoms with Crippen LogP contribution in [0, 0.1) is 6.92 Å². The van der Waals surface area contributed by atoms with Gasteiger partial charge in [0.2, 0.25) is 0 Å². The standard InChI is InChI=1S/C12H14N2/c1-8-3-2-4-10-11(7-14-12(8)10)9-5-13-6-9/h2-4,7,9,13-14H,5-6H2,1H3. The maximum absolute atomic E-state index is 3.38. The number of hydrogen-bond acceptors (Lipinski definition) is 1. The molecule has 0 bridgehead atoms. The first-order chi connectivity index (χ1) is 6.86. The number of aromatic nitrogens is 1.